The number of nitrogens with one attached hydrogen (secondary N) is 2. The molecule has 0 aliphatic carbocycles. The molecule has 2 N–H and O–H groups in total. The van der Waals surface area contributed by atoms with E-state index in [4.69, 9.17) is 4.74 Å². The van der Waals surface area contributed by atoms with Crippen molar-refractivity contribution in [3.8, 4) is 0 Å². The summed E-state index contributed by atoms with van der Waals surface area (Å²) in [6.07, 6.45) is 1.17. The molecule has 0 unspecified atom stereocenters. The minimum Gasteiger partial charge on any atom is -0.380 e. The Balaban J connectivity index is 2.43. The Bertz CT molecular complexity index is 510. The lowest BCUT2D eigenvalue weighted by molar-refractivity contribution is 0.185. The van der Waals surface area contributed by atoms with Gasteiger partial charge in [-0.3, -0.25) is 0 Å². The first-order valence-corrected chi connectivity index (χ1v) is 8.37. The van der Waals surface area contributed by atoms with Gasteiger partial charge in [-0.05, 0) is 25.0 Å². The fraction of sp³-hybridized carbons (Fsp3) is 0.571. The van der Waals surface area contributed by atoms with E-state index < -0.39 is 15.6 Å². The first-order valence-electron chi connectivity index (χ1n) is 6.48. The van der Waals surface area contributed by atoms with Gasteiger partial charge in [0.2, 0.25) is 10.0 Å². The second-order valence-electron chi connectivity index (χ2n) is 5.61. The van der Waals surface area contributed by atoms with Gasteiger partial charge in [0.15, 0.2) is 0 Å². The van der Waals surface area contributed by atoms with Crippen LogP contribution in [-0.4, -0.2) is 33.9 Å². The van der Waals surface area contributed by atoms with Gasteiger partial charge in [0.05, 0.1) is 12.9 Å². The van der Waals surface area contributed by atoms with Gasteiger partial charge in [-0.25, -0.2) is 13.1 Å². The highest BCUT2D eigenvalue weighted by molar-refractivity contribution is 7.88. The lowest BCUT2D eigenvalue weighted by Gasteiger charge is -2.25. The van der Waals surface area contributed by atoms with Gasteiger partial charge < -0.3 is 10.1 Å². The highest BCUT2D eigenvalue weighted by atomic mass is 32.2. The molecule has 0 bridgehead atoms. The molecule has 0 spiro atoms. The number of hydrogen-bond donors (Lipinski definition) is 2. The van der Waals surface area contributed by atoms with Crippen molar-refractivity contribution in [3.05, 3.63) is 35.4 Å². The summed E-state index contributed by atoms with van der Waals surface area (Å²) in [7, 11) is -1.52. The van der Waals surface area contributed by atoms with Crippen LogP contribution >= 0.6 is 0 Å². The molecule has 1 rings (SSSR count). The van der Waals surface area contributed by atoms with E-state index in [1.807, 2.05) is 38.1 Å². The third kappa shape index (κ3) is 7.00. The van der Waals surface area contributed by atoms with Crippen LogP contribution in [0.2, 0.25) is 0 Å². The molecule has 0 heterocycles. The number of rotatable bonds is 8. The van der Waals surface area contributed by atoms with Gasteiger partial charge >= 0.3 is 0 Å². The monoisotopic (exact) mass is 300 g/mol. The number of methoxy groups -OCH3 is 1. The third-order valence-corrected chi connectivity index (χ3v) is 3.62. The van der Waals surface area contributed by atoms with Crippen LogP contribution in [0.1, 0.15) is 25.0 Å². The largest absolute Gasteiger partial charge is 0.380 e. The zero-order valence-electron chi connectivity index (χ0n) is 12.6. The van der Waals surface area contributed by atoms with Gasteiger partial charge in [-0.2, -0.15) is 0 Å². The van der Waals surface area contributed by atoms with Crippen LogP contribution in [0.15, 0.2) is 24.3 Å². The molecule has 0 aliphatic rings. The summed E-state index contributed by atoms with van der Waals surface area (Å²) in [4.78, 5) is 0. The molecule has 0 aliphatic heterocycles. The molecule has 1 aromatic rings. The van der Waals surface area contributed by atoms with Crippen molar-refractivity contribution >= 4 is 10.0 Å². The molecule has 0 aromatic heterocycles. The van der Waals surface area contributed by atoms with Crippen LogP contribution in [-0.2, 0) is 27.9 Å². The van der Waals surface area contributed by atoms with E-state index in [9.17, 15) is 8.42 Å². The van der Waals surface area contributed by atoms with E-state index >= 15 is 0 Å². The predicted molar refractivity (Wildman–Crippen MR) is 80.9 cm³/mol. The van der Waals surface area contributed by atoms with Crippen LogP contribution in [0.5, 0.6) is 0 Å². The molecule has 0 fully saturated rings. The van der Waals surface area contributed by atoms with Crippen molar-refractivity contribution in [3.63, 3.8) is 0 Å². The highest BCUT2D eigenvalue weighted by Gasteiger charge is 2.21. The average molecular weight is 300 g/mol. The Kier molecular flexibility index (Phi) is 6.13. The average Bonchev–Trinajstić information content (AvgIpc) is 2.28. The Labute approximate surface area is 121 Å². The Hall–Kier alpha value is -0.950. The maximum Gasteiger partial charge on any atom is 0.209 e. The van der Waals surface area contributed by atoms with Crippen LogP contribution in [0, 0.1) is 0 Å². The predicted octanol–water partition coefficient (Wildman–Crippen LogP) is 1.25. The van der Waals surface area contributed by atoms with Crippen LogP contribution in [0.3, 0.4) is 0 Å². The minimum atomic E-state index is -3.19. The molecule has 0 radical (unpaired) electrons. The molecule has 114 valence electrons. The number of hydrogen-bond acceptors (Lipinski definition) is 4. The zero-order chi connectivity index (χ0) is 15.2. The summed E-state index contributed by atoms with van der Waals surface area (Å²) < 4.78 is 30.1. The van der Waals surface area contributed by atoms with Crippen LogP contribution in [0.25, 0.3) is 0 Å². The summed E-state index contributed by atoms with van der Waals surface area (Å²) in [6, 6.07) is 8.14. The maximum absolute atomic E-state index is 11.2. The quantitative estimate of drug-likeness (QED) is 0.758. The summed E-state index contributed by atoms with van der Waals surface area (Å²) in [6.45, 7) is 5.56. The Morgan fingerprint density at radius 2 is 1.70 bits per heavy atom. The second-order valence-corrected chi connectivity index (χ2v) is 7.36. The molecule has 20 heavy (non-hydrogen) atoms. The second kappa shape index (κ2) is 7.17. The van der Waals surface area contributed by atoms with Crippen LogP contribution < -0.4 is 10.0 Å². The lowest BCUT2D eigenvalue weighted by atomic mass is 10.1. The molecular weight excluding hydrogens is 276 g/mol. The SMILES string of the molecule is COCc1ccc(CNCC(C)(C)NS(C)(=O)=O)cc1. The van der Waals surface area contributed by atoms with Gasteiger partial charge in [-0.1, -0.05) is 24.3 Å². The molecule has 0 saturated heterocycles. The summed E-state index contributed by atoms with van der Waals surface area (Å²) in [5, 5.41) is 3.26. The minimum absolute atomic E-state index is 0.510. The first kappa shape index (κ1) is 17.1. The normalized spacial score (nSPS) is 12.6. The molecule has 1 aromatic carbocycles. The van der Waals surface area contributed by atoms with Crippen molar-refractivity contribution in [1.29, 1.82) is 0 Å². The van der Waals surface area contributed by atoms with Crippen molar-refractivity contribution in [2.75, 3.05) is 19.9 Å². The highest BCUT2D eigenvalue weighted by Crippen LogP contribution is 2.06. The van der Waals surface area contributed by atoms with Crippen molar-refractivity contribution in [1.82, 2.24) is 10.0 Å². The number of benzene rings is 1. The Morgan fingerprint density at radius 3 is 2.20 bits per heavy atom. The van der Waals surface area contributed by atoms with E-state index in [0.717, 1.165) is 11.1 Å². The van der Waals surface area contributed by atoms with Crippen LogP contribution in [0.4, 0.5) is 0 Å². The van der Waals surface area contributed by atoms with Gasteiger partial charge in [0.1, 0.15) is 0 Å². The van der Waals surface area contributed by atoms with E-state index in [1.165, 1.54) is 6.26 Å². The van der Waals surface area contributed by atoms with E-state index in [2.05, 4.69) is 10.0 Å². The molecule has 0 amide bonds. The van der Waals surface area contributed by atoms with E-state index in [1.54, 1.807) is 7.11 Å². The topological polar surface area (TPSA) is 67.4 Å². The lowest BCUT2D eigenvalue weighted by Crippen LogP contribution is -2.49. The van der Waals surface area contributed by atoms with Crippen molar-refractivity contribution in [2.24, 2.45) is 0 Å². The molecule has 0 saturated carbocycles. The third-order valence-electron chi connectivity index (χ3n) is 2.69. The Morgan fingerprint density at radius 1 is 1.15 bits per heavy atom. The molecular formula is C14H24N2O3S. The maximum atomic E-state index is 11.2. The molecule has 5 nitrogen and oxygen atoms in total. The molecule has 6 heteroatoms. The van der Waals surface area contributed by atoms with Gasteiger partial charge in [0.25, 0.3) is 0 Å². The molecule has 0 atom stereocenters. The van der Waals surface area contributed by atoms with Gasteiger partial charge in [0, 0.05) is 25.7 Å². The zero-order valence-corrected chi connectivity index (χ0v) is 13.4. The smallest absolute Gasteiger partial charge is 0.209 e. The summed E-state index contributed by atoms with van der Waals surface area (Å²) in [5.41, 5.74) is 1.78. The van der Waals surface area contributed by atoms with Crippen molar-refractivity contribution < 1.29 is 13.2 Å². The number of sulfonamides is 1. The van der Waals surface area contributed by atoms with Crippen molar-refractivity contribution in [2.45, 2.75) is 32.5 Å². The summed E-state index contributed by atoms with van der Waals surface area (Å²) in [5.74, 6) is 0. The fourth-order valence-corrected chi connectivity index (χ4v) is 3.05. The number of ether oxygens (including phenoxy) is 1. The van der Waals surface area contributed by atoms with Gasteiger partial charge in [-0.15, -0.1) is 0 Å². The summed E-state index contributed by atoms with van der Waals surface area (Å²) >= 11 is 0. The van der Waals surface area contributed by atoms with E-state index in [0.29, 0.717) is 19.7 Å². The van der Waals surface area contributed by atoms with E-state index in [-0.39, 0.29) is 0 Å². The first-order chi connectivity index (χ1) is 9.22. The fourth-order valence-electron chi connectivity index (χ4n) is 1.98. The standard InChI is InChI=1S/C14H24N2O3S/c1-14(2,16-20(4,17)18)11-15-9-12-5-7-13(8-6-12)10-19-3/h5-8,15-16H,9-11H2,1-4H3.